The van der Waals surface area contributed by atoms with E-state index in [0.29, 0.717) is 0 Å². The summed E-state index contributed by atoms with van der Waals surface area (Å²) in [7, 11) is 0. The van der Waals surface area contributed by atoms with Crippen LogP contribution in [0.5, 0.6) is 0 Å². The number of benzene rings is 2. The molecule has 0 spiro atoms. The Kier molecular flexibility index (Phi) is 5.28. The molecule has 0 atom stereocenters. The van der Waals surface area contributed by atoms with Crippen molar-refractivity contribution in [1.29, 1.82) is 0 Å². The lowest BCUT2D eigenvalue weighted by atomic mass is 10.1. The molecule has 0 bridgehead atoms. The third-order valence-corrected chi connectivity index (χ3v) is 4.21. The maximum atomic E-state index is 13.8. The number of aromatic carboxylic acids is 1. The molecule has 2 rings (SSSR count). The third-order valence-electron chi connectivity index (χ3n) is 3.16. The van der Waals surface area contributed by atoms with Gasteiger partial charge in [-0.05, 0) is 6.92 Å². The number of carboxylic acids is 1. The molecule has 126 valence electrons. The summed E-state index contributed by atoms with van der Waals surface area (Å²) < 4.78 is 54.8. The Labute approximate surface area is 138 Å². The number of halogens is 4. The van der Waals surface area contributed by atoms with E-state index in [1.165, 1.54) is 12.1 Å². The summed E-state index contributed by atoms with van der Waals surface area (Å²) in [6.07, 6.45) is 0. The van der Waals surface area contributed by atoms with Gasteiger partial charge in [-0.25, -0.2) is 22.4 Å². The van der Waals surface area contributed by atoms with E-state index in [9.17, 15) is 27.2 Å². The summed E-state index contributed by atoms with van der Waals surface area (Å²) in [5, 5.41) is 8.60. The molecular weight excluding hydrogens is 348 g/mol. The van der Waals surface area contributed by atoms with E-state index in [1.807, 2.05) is 6.92 Å². The SMILES string of the molecule is Cc1ccc(C(=O)CSc2c(F)c(F)c(C(=O)O)c(F)c2F)cc1. The molecule has 1 N–H and O–H groups in total. The van der Waals surface area contributed by atoms with Gasteiger partial charge in [0.2, 0.25) is 0 Å². The number of hydrogen-bond acceptors (Lipinski definition) is 3. The first-order valence-corrected chi connectivity index (χ1v) is 7.54. The Morgan fingerprint density at radius 1 is 0.958 bits per heavy atom. The molecule has 0 saturated heterocycles. The summed E-state index contributed by atoms with van der Waals surface area (Å²) >= 11 is 0.257. The van der Waals surface area contributed by atoms with Crippen LogP contribution in [0.3, 0.4) is 0 Å². The van der Waals surface area contributed by atoms with E-state index in [1.54, 1.807) is 12.1 Å². The predicted molar refractivity (Wildman–Crippen MR) is 79.5 cm³/mol. The second-order valence-corrected chi connectivity index (χ2v) is 5.83. The van der Waals surface area contributed by atoms with Gasteiger partial charge in [0.15, 0.2) is 29.1 Å². The molecule has 8 heteroatoms. The Balaban J connectivity index is 2.29. The second-order valence-electron chi connectivity index (χ2n) is 4.84. The molecule has 0 heterocycles. The molecule has 0 fully saturated rings. The van der Waals surface area contributed by atoms with Crippen molar-refractivity contribution in [1.82, 2.24) is 0 Å². The predicted octanol–water partition coefficient (Wildman–Crippen LogP) is 4.22. The molecule has 0 unspecified atom stereocenters. The fourth-order valence-electron chi connectivity index (χ4n) is 1.89. The molecule has 0 aromatic heterocycles. The van der Waals surface area contributed by atoms with Gasteiger partial charge < -0.3 is 5.11 Å². The summed E-state index contributed by atoms with van der Waals surface area (Å²) in [6.45, 7) is 1.81. The van der Waals surface area contributed by atoms with Crippen LogP contribution in [0.4, 0.5) is 17.6 Å². The van der Waals surface area contributed by atoms with Crippen molar-refractivity contribution in [3.8, 4) is 0 Å². The highest BCUT2D eigenvalue weighted by atomic mass is 32.2. The van der Waals surface area contributed by atoms with Crippen LogP contribution in [0.25, 0.3) is 0 Å². The topological polar surface area (TPSA) is 54.4 Å². The average Bonchev–Trinajstić information content (AvgIpc) is 2.53. The van der Waals surface area contributed by atoms with E-state index in [-0.39, 0.29) is 17.3 Å². The molecule has 0 radical (unpaired) electrons. The average molecular weight is 358 g/mol. The number of Topliss-reactive ketones (excluding diaryl/α,β-unsaturated/α-hetero) is 1. The summed E-state index contributed by atoms with van der Waals surface area (Å²) in [5.74, 6) is -10.8. The fraction of sp³-hybridized carbons (Fsp3) is 0.125. The normalized spacial score (nSPS) is 10.7. The Morgan fingerprint density at radius 3 is 1.92 bits per heavy atom. The van der Waals surface area contributed by atoms with Crippen LogP contribution >= 0.6 is 11.8 Å². The van der Waals surface area contributed by atoms with Gasteiger partial charge in [-0.3, -0.25) is 4.79 Å². The van der Waals surface area contributed by atoms with Crippen LogP contribution in [0.15, 0.2) is 29.2 Å². The van der Waals surface area contributed by atoms with Gasteiger partial charge in [0.25, 0.3) is 0 Å². The van der Waals surface area contributed by atoms with Crippen molar-refractivity contribution in [2.45, 2.75) is 11.8 Å². The van der Waals surface area contributed by atoms with Crippen LogP contribution in [0, 0.1) is 30.2 Å². The van der Waals surface area contributed by atoms with Crippen LogP contribution in [0.2, 0.25) is 0 Å². The van der Waals surface area contributed by atoms with Crippen LogP contribution in [0.1, 0.15) is 26.3 Å². The highest BCUT2D eigenvalue weighted by molar-refractivity contribution is 8.00. The minimum atomic E-state index is -2.13. The molecule has 2 aromatic carbocycles. The zero-order valence-corrected chi connectivity index (χ0v) is 13.0. The first kappa shape index (κ1) is 18.0. The summed E-state index contributed by atoms with van der Waals surface area (Å²) in [6, 6.07) is 6.36. The van der Waals surface area contributed by atoms with Crippen LogP contribution in [-0.4, -0.2) is 22.6 Å². The maximum Gasteiger partial charge on any atom is 0.341 e. The smallest absolute Gasteiger partial charge is 0.341 e. The zero-order valence-electron chi connectivity index (χ0n) is 12.2. The first-order valence-electron chi connectivity index (χ1n) is 6.56. The molecule has 24 heavy (non-hydrogen) atoms. The van der Waals surface area contributed by atoms with E-state index < -0.39 is 51.2 Å². The van der Waals surface area contributed by atoms with Gasteiger partial charge in [0.1, 0.15) is 5.56 Å². The molecule has 0 aliphatic carbocycles. The lowest BCUT2D eigenvalue weighted by Gasteiger charge is -2.09. The van der Waals surface area contributed by atoms with Crippen molar-refractivity contribution < 1.29 is 32.3 Å². The Hall–Kier alpha value is -2.35. The molecular formula is C16H10F4O3S. The molecule has 0 aliphatic rings. The fourth-order valence-corrected chi connectivity index (χ4v) is 2.76. The van der Waals surface area contributed by atoms with E-state index >= 15 is 0 Å². The van der Waals surface area contributed by atoms with Gasteiger partial charge in [-0.1, -0.05) is 29.8 Å². The van der Waals surface area contributed by atoms with Gasteiger partial charge in [0, 0.05) is 5.56 Å². The monoisotopic (exact) mass is 358 g/mol. The summed E-state index contributed by atoms with van der Waals surface area (Å²) in [4.78, 5) is 21.5. The number of carboxylic acid groups (broad SMARTS) is 1. The largest absolute Gasteiger partial charge is 0.477 e. The van der Waals surface area contributed by atoms with Crippen LogP contribution < -0.4 is 0 Å². The number of carbonyl (C=O) groups excluding carboxylic acids is 1. The van der Waals surface area contributed by atoms with Crippen molar-refractivity contribution >= 4 is 23.5 Å². The standard InChI is InChI=1S/C16H10F4O3S/c1-7-2-4-8(5-3-7)9(21)6-24-15-13(19)11(17)10(16(22)23)12(18)14(15)20/h2-5H,6H2,1H3,(H,22,23). The number of hydrogen-bond donors (Lipinski definition) is 1. The highest BCUT2D eigenvalue weighted by Gasteiger charge is 2.29. The van der Waals surface area contributed by atoms with Gasteiger partial charge >= 0.3 is 5.97 Å². The van der Waals surface area contributed by atoms with Crippen molar-refractivity contribution in [2.24, 2.45) is 0 Å². The third kappa shape index (κ3) is 3.43. The highest BCUT2D eigenvalue weighted by Crippen LogP contribution is 2.32. The number of thioether (sulfide) groups is 1. The van der Waals surface area contributed by atoms with Crippen molar-refractivity contribution in [3.05, 3.63) is 64.2 Å². The first-order chi connectivity index (χ1) is 11.2. The Bertz CT molecular complexity index is 790. The molecule has 0 saturated carbocycles. The molecule has 3 nitrogen and oxygen atoms in total. The molecule has 0 aliphatic heterocycles. The number of ketones is 1. The number of aryl methyl sites for hydroxylation is 1. The number of rotatable bonds is 5. The number of carbonyl (C=O) groups is 2. The van der Waals surface area contributed by atoms with Gasteiger partial charge in [-0.15, -0.1) is 11.8 Å². The lowest BCUT2D eigenvalue weighted by molar-refractivity contribution is 0.0682. The lowest BCUT2D eigenvalue weighted by Crippen LogP contribution is -2.12. The zero-order chi connectivity index (χ0) is 18.0. The van der Waals surface area contributed by atoms with E-state index in [0.717, 1.165) is 5.56 Å². The van der Waals surface area contributed by atoms with Gasteiger partial charge in [0.05, 0.1) is 10.6 Å². The van der Waals surface area contributed by atoms with Gasteiger partial charge in [-0.2, -0.15) is 0 Å². The quantitative estimate of drug-likeness (QED) is 0.376. The second kappa shape index (κ2) is 7.04. The summed E-state index contributed by atoms with van der Waals surface area (Å²) in [5.41, 5.74) is -0.527. The minimum absolute atomic E-state index is 0.257. The maximum absolute atomic E-state index is 13.8. The van der Waals surface area contributed by atoms with E-state index in [2.05, 4.69) is 0 Å². The minimum Gasteiger partial charge on any atom is -0.477 e. The van der Waals surface area contributed by atoms with Crippen molar-refractivity contribution in [2.75, 3.05) is 5.75 Å². The molecule has 0 amide bonds. The van der Waals surface area contributed by atoms with Crippen LogP contribution in [-0.2, 0) is 0 Å². The van der Waals surface area contributed by atoms with E-state index in [4.69, 9.17) is 5.11 Å². The Morgan fingerprint density at radius 2 is 1.46 bits per heavy atom. The molecule has 2 aromatic rings. The van der Waals surface area contributed by atoms with Crippen molar-refractivity contribution in [3.63, 3.8) is 0 Å².